The van der Waals surface area contributed by atoms with E-state index in [-0.39, 0.29) is 5.97 Å². The summed E-state index contributed by atoms with van der Waals surface area (Å²) in [7, 11) is 0. The Balaban J connectivity index is 1.51. The van der Waals surface area contributed by atoms with Crippen molar-refractivity contribution in [3.8, 4) is 11.5 Å². The number of carbonyl (C=O) groups is 1. The van der Waals surface area contributed by atoms with Gasteiger partial charge in [-0.25, -0.2) is 4.79 Å². The number of rotatable bonds is 4. The Morgan fingerprint density at radius 1 is 0.962 bits per heavy atom. The summed E-state index contributed by atoms with van der Waals surface area (Å²) in [6.45, 7) is 2.16. The molecule has 1 aliphatic rings. The predicted molar refractivity (Wildman–Crippen MR) is 102 cm³/mol. The minimum Gasteiger partial charge on any atom is -0.462 e. The average molecular weight is 346 g/mol. The van der Waals surface area contributed by atoms with E-state index in [0.717, 1.165) is 34.2 Å². The molecule has 0 radical (unpaired) electrons. The number of hydrogen-bond acceptors (Lipinski definition) is 5. The third kappa shape index (κ3) is 3.19. The first-order valence-corrected chi connectivity index (χ1v) is 8.45. The van der Waals surface area contributed by atoms with Gasteiger partial charge in [-0.1, -0.05) is 12.1 Å². The van der Waals surface area contributed by atoms with Crippen LogP contribution in [0.3, 0.4) is 0 Å². The van der Waals surface area contributed by atoms with Crippen molar-refractivity contribution in [2.75, 3.05) is 17.2 Å². The molecular formula is C21H18N2O3. The topological polar surface area (TPSA) is 59.6 Å². The van der Waals surface area contributed by atoms with Crippen molar-refractivity contribution < 1.29 is 14.3 Å². The lowest BCUT2D eigenvalue weighted by molar-refractivity contribution is 0.0526. The normalized spacial score (nSPS) is 11.4. The summed E-state index contributed by atoms with van der Waals surface area (Å²) >= 11 is 0. The standard InChI is InChI=1S/C21H18N2O3/c1-2-25-21(24)14-7-9-15(10-8-14)22-16-11-12-18-20(13-16)26-19-6-4-3-5-17(19)23-18/h3-13,22-23H,2H2,1H3. The first kappa shape index (κ1) is 16.0. The van der Waals surface area contributed by atoms with E-state index in [9.17, 15) is 4.79 Å². The third-order valence-electron chi connectivity index (χ3n) is 4.04. The number of ether oxygens (including phenoxy) is 2. The highest BCUT2D eigenvalue weighted by Gasteiger charge is 2.16. The third-order valence-corrected chi connectivity index (χ3v) is 4.04. The van der Waals surface area contributed by atoms with Crippen LogP contribution >= 0.6 is 0 Å². The molecule has 5 nitrogen and oxygen atoms in total. The Morgan fingerprint density at radius 3 is 2.50 bits per heavy atom. The van der Waals surface area contributed by atoms with Gasteiger partial charge >= 0.3 is 5.97 Å². The molecule has 0 saturated carbocycles. The molecule has 0 fully saturated rings. The van der Waals surface area contributed by atoms with Gasteiger partial charge in [0.05, 0.1) is 23.5 Å². The molecule has 0 amide bonds. The molecule has 2 N–H and O–H groups in total. The molecule has 130 valence electrons. The second kappa shape index (κ2) is 6.80. The Morgan fingerprint density at radius 2 is 1.69 bits per heavy atom. The van der Waals surface area contributed by atoms with E-state index >= 15 is 0 Å². The number of nitrogens with one attached hydrogen (secondary N) is 2. The van der Waals surface area contributed by atoms with Gasteiger partial charge in [0.25, 0.3) is 0 Å². The fourth-order valence-electron chi connectivity index (χ4n) is 2.78. The summed E-state index contributed by atoms with van der Waals surface area (Å²) in [4.78, 5) is 11.7. The van der Waals surface area contributed by atoms with Crippen LogP contribution in [-0.4, -0.2) is 12.6 Å². The van der Waals surface area contributed by atoms with E-state index in [1.807, 2.05) is 54.6 Å². The van der Waals surface area contributed by atoms with E-state index in [4.69, 9.17) is 9.47 Å². The van der Waals surface area contributed by atoms with E-state index in [1.54, 1.807) is 19.1 Å². The largest absolute Gasteiger partial charge is 0.462 e. The maximum absolute atomic E-state index is 11.7. The zero-order valence-corrected chi connectivity index (χ0v) is 14.3. The van der Waals surface area contributed by atoms with Crippen LogP contribution in [0.5, 0.6) is 11.5 Å². The zero-order chi connectivity index (χ0) is 17.9. The van der Waals surface area contributed by atoms with Crippen molar-refractivity contribution in [1.82, 2.24) is 0 Å². The van der Waals surface area contributed by atoms with E-state index < -0.39 is 0 Å². The fourth-order valence-corrected chi connectivity index (χ4v) is 2.78. The SMILES string of the molecule is CCOC(=O)c1ccc(Nc2ccc3c(c2)Oc2ccccc2N3)cc1. The fraction of sp³-hybridized carbons (Fsp3) is 0.0952. The summed E-state index contributed by atoms with van der Waals surface area (Å²) in [5.74, 6) is 1.25. The molecule has 1 heterocycles. The van der Waals surface area contributed by atoms with Gasteiger partial charge in [0.2, 0.25) is 0 Å². The minimum absolute atomic E-state index is 0.314. The lowest BCUT2D eigenvalue weighted by Gasteiger charge is -2.22. The van der Waals surface area contributed by atoms with Gasteiger partial charge in [-0.05, 0) is 55.5 Å². The zero-order valence-electron chi connectivity index (χ0n) is 14.3. The second-order valence-corrected chi connectivity index (χ2v) is 5.86. The molecule has 0 saturated heterocycles. The number of para-hydroxylation sites is 2. The number of anilines is 4. The van der Waals surface area contributed by atoms with Crippen LogP contribution in [0.15, 0.2) is 66.7 Å². The molecule has 0 atom stereocenters. The smallest absolute Gasteiger partial charge is 0.338 e. The van der Waals surface area contributed by atoms with Crippen molar-refractivity contribution in [1.29, 1.82) is 0 Å². The number of fused-ring (bicyclic) bond motifs is 2. The lowest BCUT2D eigenvalue weighted by Crippen LogP contribution is -2.04. The molecular weight excluding hydrogens is 328 g/mol. The first-order chi connectivity index (χ1) is 12.7. The van der Waals surface area contributed by atoms with E-state index in [1.165, 1.54) is 0 Å². The Bertz CT molecular complexity index is 952. The molecule has 3 aromatic rings. The highest BCUT2D eigenvalue weighted by molar-refractivity contribution is 5.90. The molecule has 0 bridgehead atoms. The average Bonchev–Trinajstić information content (AvgIpc) is 2.67. The van der Waals surface area contributed by atoms with Gasteiger partial charge in [0.15, 0.2) is 11.5 Å². The molecule has 5 heteroatoms. The maximum Gasteiger partial charge on any atom is 0.338 e. The Hall–Kier alpha value is -3.47. The molecule has 1 aliphatic heterocycles. The first-order valence-electron chi connectivity index (χ1n) is 8.45. The van der Waals surface area contributed by atoms with Gasteiger partial charge in [0.1, 0.15) is 0 Å². The lowest BCUT2D eigenvalue weighted by atomic mass is 10.1. The summed E-state index contributed by atoms with van der Waals surface area (Å²) < 4.78 is 11.0. The van der Waals surface area contributed by atoms with Gasteiger partial charge in [-0.2, -0.15) is 0 Å². The van der Waals surface area contributed by atoms with Crippen LogP contribution in [0, 0.1) is 0 Å². The minimum atomic E-state index is -0.314. The van der Waals surface area contributed by atoms with Crippen molar-refractivity contribution >= 4 is 28.7 Å². The van der Waals surface area contributed by atoms with Crippen LogP contribution < -0.4 is 15.4 Å². The molecule has 26 heavy (non-hydrogen) atoms. The van der Waals surface area contributed by atoms with Gasteiger partial charge in [0, 0.05) is 17.4 Å². The Kier molecular flexibility index (Phi) is 4.19. The number of carbonyl (C=O) groups excluding carboxylic acids is 1. The highest BCUT2D eigenvalue weighted by atomic mass is 16.5. The van der Waals surface area contributed by atoms with Gasteiger partial charge in [-0.3, -0.25) is 0 Å². The summed E-state index contributed by atoms with van der Waals surface area (Å²) in [5, 5.41) is 6.68. The van der Waals surface area contributed by atoms with Gasteiger partial charge in [-0.15, -0.1) is 0 Å². The van der Waals surface area contributed by atoms with Crippen molar-refractivity contribution in [3.63, 3.8) is 0 Å². The number of hydrogen-bond donors (Lipinski definition) is 2. The summed E-state index contributed by atoms with van der Waals surface area (Å²) in [5.41, 5.74) is 4.19. The second-order valence-electron chi connectivity index (χ2n) is 5.86. The quantitative estimate of drug-likeness (QED) is 0.481. The monoisotopic (exact) mass is 346 g/mol. The molecule has 0 aromatic heterocycles. The van der Waals surface area contributed by atoms with Crippen LogP contribution in [-0.2, 0) is 4.74 Å². The Labute approximate surface area is 151 Å². The maximum atomic E-state index is 11.7. The van der Waals surface area contributed by atoms with Crippen molar-refractivity contribution in [2.45, 2.75) is 6.92 Å². The van der Waals surface area contributed by atoms with E-state index in [2.05, 4.69) is 10.6 Å². The van der Waals surface area contributed by atoms with Crippen LogP contribution in [0.25, 0.3) is 0 Å². The highest BCUT2D eigenvalue weighted by Crippen LogP contribution is 2.42. The molecule has 4 rings (SSSR count). The summed E-state index contributed by atoms with van der Waals surface area (Å²) in [6, 6.07) is 20.9. The van der Waals surface area contributed by atoms with Crippen LogP contribution in [0.2, 0.25) is 0 Å². The van der Waals surface area contributed by atoms with Crippen LogP contribution in [0.4, 0.5) is 22.7 Å². The van der Waals surface area contributed by atoms with Crippen molar-refractivity contribution in [2.24, 2.45) is 0 Å². The molecule has 0 spiro atoms. The number of benzene rings is 3. The predicted octanol–water partition coefficient (Wildman–Crippen LogP) is 5.46. The number of esters is 1. The van der Waals surface area contributed by atoms with E-state index in [0.29, 0.717) is 12.2 Å². The van der Waals surface area contributed by atoms with Crippen molar-refractivity contribution in [3.05, 3.63) is 72.3 Å². The molecule has 0 unspecified atom stereocenters. The van der Waals surface area contributed by atoms with Gasteiger partial charge < -0.3 is 20.1 Å². The summed E-state index contributed by atoms with van der Waals surface area (Å²) in [6.07, 6.45) is 0. The molecule has 0 aliphatic carbocycles. The molecule has 3 aromatic carbocycles. The van der Waals surface area contributed by atoms with Crippen LogP contribution in [0.1, 0.15) is 17.3 Å².